The molecular formula is C14H17F3N4O. The van der Waals surface area contributed by atoms with E-state index in [9.17, 15) is 13.2 Å². The van der Waals surface area contributed by atoms with E-state index in [1.54, 1.807) is 10.6 Å². The fraction of sp³-hybridized carbons (Fsp3) is 0.571. The normalized spacial score (nSPS) is 18.7. The number of aromatic nitrogens is 3. The molecule has 0 aliphatic carbocycles. The van der Waals surface area contributed by atoms with Gasteiger partial charge in [0.2, 0.25) is 0 Å². The Morgan fingerprint density at radius 3 is 2.95 bits per heavy atom. The highest BCUT2D eigenvalue weighted by atomic mass is 19.4. The molecule has 0 amide bonds. The van der Waals surface area contributed by atoms with Crippen molar-refractivity contribution in [2.24, 2.45) is 5.92 Å². The average molecular weight is 314 g/mol. The number of fused-ring (bicyclic) bond motifs is 1. The van der Waals surface area contributed by atoms with Crippen LogP contribution in [0, 0.1) is 5.92 Å². The van der Waals surface area contributed by atoms with Crippen LogP contribution in [0.5, 0.6) is 0 Å². The predicted molar refractivity (Wildman–Crippen MR) is 71.9 cm³/mol. The highest BCUT2D eigenvalue weighted by Gasteiger charge is 2.35. The van der Waals surface area contributed by atoms with Crippen molar-refractivity contribution in [1.82, 2.24) is 19.6 Å². The monoisotopic (exact) mass is 314 g/mol. The summed E-state index contributed by atoms with van der Waals surface area (Å²) in [6.45, 7) is 2.03. The molecule has 2 aromatic rings. The van der Waals surface area contributed by atoms with Crippen LogP contribution in [0.4, 0.5) is 13.2 Å². The Labute approximate surface area is 125 Å². The molecule has 0 aromatic carbocycles. The molecule has 3 heterocycles. The van der Waals surface area contributed by atoms with E-state index in [2.05, 4.69) is 15.0 Å². The highest BCUT2D eigenvalue weighted by molar-refractivity contribution is 5.10. The lowest BCUT2D eigenvalue weighted by Crippen LogP contribution is -2.31. The number of imidazole rings is 1. The molecule has 0 saturated carbocycles. The second kappa shape index (κ2) is 5.75. The maximum atomic E-state index is 12.7. The lowest BCUT2D eigenvalue weighted by molar-refractivity contribution is -0.141. The van der Waals surface area contributed by atoms with Crippen molar-refractivity contribution in [2.75, 3.05) is 13.6 Å². The molecule has 0 spiro atoms. The minimum atomic E-state index is -4.37. The summed E-state index contributed by atoms with van der Waals surface area (Å²) in [4.78, 5) is 5.80. The zero-order valence-corrected chi connectivity index (χ0v) is 12.2. The topological polar surface area (TPSA) is 47.1 Å². The van der Waals surface area contributed by atoms with Crippen LogP contribution in [0.1, 0.15) is 23.6 Å². The molecule has 0 fully saturated rings. The third kappa shape index (κ3) is 3.32. The minimum Gasteiger partial charge on any atom is -0.364 e. The number of nitrogens with zero attached hydrogens (tertiary/aromatic N) is 4. The molecule has 0 saturated heterocycles. The molecule has 3 rings (SSSR count). The molecule has 5 nitrogen and oxygen atoms in total. The van der Waals surface area contributed by atoms with Crippen molar-refractivity contribution in [3.63, 3.8) is 0 Å². The Hall–Kier alpha value is -1.83. The average Bonchev–Trinajstić information content (AvgIpc) is 3.06. The maximum absolute atomic E-state index is 12.7. The van der Waals surface area contributed by atoms with E-state index in [4.69, 9.17) is 4.52 Å². The maximum Gasteiger partial charge on any atom is 0.434 e. The Bertz CT molecular complexity index is 621. The van der Waals surface area contributed by atoms with Gasteiger partial charge < -0.3 is 14.0 Å². The molecular weight excluding hydrogens is 297 g/mol. The van der Waals surface area contributed by atoms with Gasteiger partial charge in [0, 0.05) is 38.3 Å². The molecule has 0 radical (unpaired) electrons. The summed E-state index contributed by atoms with van der Waals surface area (Å²) in [7, 11) is 1.97. The van der Waals surface area contributed by atoms with Gasteiger partial charge in [0.25, 0.3) is 0 Å². The van der Waals surface area contributed by atoms with E-state index in [1.165, 1.54) is 6.26 Å². The fourth-order valence-corrected chi connectivity index (χ4v) is 2.90. The number of alkyl halides is 3. The molecule has 22 heavy (non-hydrogen) atoms. The van der Waals surface area contributed by atoms with E-state index in [1.807, 2.05) is 7.05 Å². The van der Waals surface area contributed by atoms with Crippen LogP contribution in [-0.2, 0) is 25.7 Å². The number of hydrogen-bond acceptors (Lipinski definition) is 4. The summed E-state index contributed by atoms with van der Waals surface area (Å²) >= 11 is 0. The SMILES string of the molecule is CN(Cc1ccon1)C[C@H]1CCc2nc(C(F)(F)F)cn2C1. The van der Waals surface area contributed by atoms with Gasteiger partial charge in [0.1, 0.15) is 12.1 Å². The number of rotatable bonds is 4. The summed E-state index contributed by atoms with van der Waals surface area (Å²) in [6, 6.07) is 1.81. The second-order valence-electron chi connectivity index (χ2n) is 5.78. The second-order valence-corrected chi connectivity index (χ2v) is 5.78. The van der Waals surface area contributed by atoms with E-state index >= 15 is 0 Å². The van der Waals surface area contributed by atoms with E-state index in [0.29, 0.717) is 31.3 Å². The smallest absolute Gasteiger partial charge is 0.364 e. The molecule has 1 aliphatic rings. The highest BCUT2D eigenvalue weighted by Crippen LogP contribution is 2.30. The van der Waals surface area contributed by atoms with Crippen LogP contribution in [0.15, 0.2) is 23.0 Å². The van der Waals surface area contributed by atoms with Gasteiger partial charge in [0.05, 0.1) is 5.69 Å². The lowest BCUT2D eigenvalue weighted by Gasteiger charge is -2.27. The lowest BCUT2D eigenvalue weighted by atomic mass is 9.99. The van der Waals surface area contributed by atoms with E-state index in [0.717, 1.165) is 24.9 Å². The van der Waals surface area contributed by atoms with Crippen LogP contribution in [0.3, 0.4) is 0 Å². The van der Waals surface area contributed by atoms with Crippen molar-refractivity contribution < 1.29 is 17.7 Å². The first-order valence-electron chi connectivity index (χ1n) is 7.13. The number of halogens is 3. The van der Waals surface area contributed by atoms with E-state index in [-0.39, 0.29) is 0 Å². The van der Waals surface area contributed by atoms with Gasteiger partial charge in [-0.2, -0.15) is 13.2 Å². The van der Waals surface area contributed by atoms with Crippen molar-refractivity contribution in [1.29, 1.82) is 0 Å². The molecule has 1 atom stereocenters. The molecule has 0 unspecified atom stereocenters. The Balaban J connectivity index is 1.60. The summed E-state index contributed by atoms with van der Waals surface area (Å²) in [5, 5.41) is 3.86. The summed E-state index contributed by atoms with van der Waals surface area (Å²) in [6.07, 6.45) is -0.293. The van der Waals surface area contributed by atoms with Crippen molar-refractivity contribution in [3.05, 3.63) is 35.7 Å². The molecule has 1 aliphatic heterocycles. The van der Waals surface area contributed by atoms with Gasteiger partial charge in [-0.1, -0.05) is 5.16 Å². The van der Waals surface area contributed by atoms with Crippen LogP contribution in [0.25, 0.3) is 0 Å². The molecule has 2 aromatic heterocycles. The summed E-state index contributed by atoms with van der Waals surface area (Å²) in [5.41, 5.74) is 0.0556. The zero-order valence-electron chi connectivity index (χ0n) is 12.2. The third-order valence-corrected chi connectivity index (χ3v) is 3.87. The number of aryl methyl sites for hydroxylation is 1. The fourth-order valence-electron chi connectivity index (χ4n) is 2.90. The summed E-state index contributed by atoms with van der Waals surface area (Å²) in [5.74, 6) is 0.836. The molecule has 120 valence electrons. The molecule has 8 heteroatoms. The van der Waals surface area contributed by atoms with Crippen LogP contribution >= 0.6 is 0 Å². The van der Waals surface area contributed by atoms with Crippen LogP contribution < -0.4 is 0 Å². The van der Waals surface area contributed by atoms with Gasteiger partial charge in [-0.05, 0) is 19.4 Å². The Kier molecular flexibility index (Phi) is 3.94. The van der Waals surface area contributed by atoms with Crippen molar-refractivity contribution in [3.8, 4) is 0 Å². The first kappa shape index (κ1) is 15.1. The molecule has 0 bridgehead atoms. The van der Waals surface area contributed by atoms with Gasteiger partial charge in [-0.3, -0.25) is 0 Å². The Morgan fingerprint density at radius 2 is 2.27 bits per heavy atom. The van der Waals surface area contributed by atoms with Crippen molar-refractivity contribution in [2.45, 2.75) is 32.1 Å². The Morgan fingerprint density at radius 1 is 1.45 bits per heavy atom. The minimum absolute atomic E-state index is 0.305. The van der Waals surface area contributed by atoms with E-state index < -0.39 is 11.9 Å². The van der Waals surface area contributed by atoms with Crippen molar-refractivity contribution >= 4 is 0 Å². The van der Waals surface area contributed by atoms with Gasteiger partial charge in [0.15, 0.2) is 5.69 Å². The quantitative estimate of drug-likeness (QED) is 0.870. The van der Waals surface area contributed by atoms with Gasteiger partial charge in [-0.25, -0.2) is 4.98 Å². The zero-order chi connectivity index (χ0) is 15.7. The standard InChI is InChI=1S/C14H17F3N4O/c1-20(8-11-4-5-22-19-11)6-10-2-3-13-18-12(14(15,16)17)9-21(13)7-10/h4-5,9-10H,2-3,6-8H2,1H3/t10-/m1/s1. The van der Waals surface area contributed by atoms with Gasteiger partial charge in [-0.15, -0.1) is 0 Å². The molecule has 0 N–H and O–H groups in total. The summed E-state index contributed by atoms with van der Waals surface area (Å²) < 4.78 is 44.5. The largest absolute Gasteiger partial charge is 0.434 e. The van der Waals surface area contributed by atoms with Crippen LogP contribution in [-0.4, -0.2) is 33.2 Å². The van der Waals surface area contributed by atoms with Crippen LogP contribution in [0.2, 0.25) is 0 Å². The third-order valence-electron chi connectivity index (χ3n) is 3.87. The predicted octanol–water partition coefficient (Wildman–Crippen LogP) is 2.58. The number of hydrogen-bond donors (Lipinski definition) is 0. The van der Waals surface area contributed by atoms with Gasteiger partial charge >= 0.3 is 6.18 Å². The first-order chi connectivity index (χ1) is 10.4. The first-order valence-corrected chi connectivity index (χ1v) is 7.13.